The normalized spacial score (nSPS) is 13.3. The Balaban J connectivity index is 2.84. The number of hydrogen-bond acceptors (Lipinski definition) is 2. The highest BCUT2D eigenvalue weighted by Crippen LogP contribution is 2.31. The Morgan fingerprint density at radius 3 is 2.43 bits per heavy atom. The molecule has 2 N–H and O–H groups in total. The van der Waals surface area contributed by atoms with Gasteiger partial charge in [-0.05, 0) is 56.7 Å². The molecule has 0 unspecified atom stereocenters. The van der Waals surface area contributed by atoms with Gasteiger partial charge in [-0.25, -0.2) is 0 Å². The van der Waals surface area contributed by atoms with E-state index in [0.29, 0.717) is 11.5 Å². The first-order valence-electron chi connectivity index (χ1n) is 7.59. The number of hydrogen-bond donors (Lipinski definition) is 2. The minimum Gasteiger partial charge on any atom is -0.396 e. The van der Waals surface area contributed by atoms with E-state index in [2.05, 4.69) is 61.4 Å². The van der Waals surface area contributed by atoms with E-state index in [0.717, 1.165) is 12.5 Å². The molecule has 0 aliphatic heterocycles. The number of aliphatic hydroxyl groups is 2. The van der Waals surface area contributed by atoms with Crippen molar-refractivity contribution in [2.75, 3.05) is 13.2 Å². The summed E-state index contributed by atoms with van der Waals surface area (Å²) in [6.45, 7) is 9.63. The van der Waals surface area contributed by atoms with Crippen LogP contribution in [0.1, 0.15) is 38.3 Å². The molecule has 4 heteroatoms. The van der Waals surface area contributed by atoms with E-state index < -0.39 is 8.80 Å². The summed E-state index contributed by atoms with van der Waals surface area (Å²) in [5.41, 5.74) is 2.63. The van der Waals surface area contributed by atoms with Crippen molar-refractivity contribution >= 4 is 24.7 Å². The van der Waals surface area contributed by atoms with Crippen LogP contribution in [-0.2, 0) is 12.5 Å². The summed E-state index contributed by atoms with van der Waals surface area (Å²) >= 11 is 3.67. The first-order chi connectivity index (χ1) is 9.77. The SMILES string of the molecule is C[Si+](Cc1cc(C[C@H](CO)CCO)ccc1Br)C(C)(C)C. The first kappa shape index (κ1) is 18.9. The molecule has 1 atom stereocenters. The maximum atomic E-state index is 9.38. The van der Waals surface area contributed by atoms with Crippen molar-refractivity contribution in [3.63, 3.8) is 0 Å². The van der Waals surface area contributed by atoms with Gasteiger partial charge in [0.2, 0.25) is 0 Å². The topological polar surface area (TPSA) is 40.5 Å². The third-order valence-corrected chi connectivity index (χ3v) is 8.41. The maximum Gasteiger partial charge on any atom is 0.321 e. The predicted octanol–water partition coefficient (Wildman–Crippen LogP) is 3.99. The molecular formula is C17H28BrO2Si+. The van der Waals surface area contributed by atoms with Crippen molar-refractivity contribution < 1.29 is 10.2 Å². The predicted molar refractivity (Wildman–Crippen MR) is 95.2 cm³/mol. The number of halogens is 1. The van der Waals surface area contributed by atoms with Gasteiger partial charge in [0.25, 0.3) is 0 Å². The van der Waals surface area contributed by atoms with E-state index in [1.165, 1.54) is 15.6 Å². The Hall–Kier alpha value is -0.163. The molecular weight excluding hydrogens is 344 g/mol. The van der Waals surface area contributed by atoms with Crippen LogP contribution < -0.4 is 0 Å². The van der Waals surface area contributed by atoms with Gasteiger partial charge in [-0.3, -0.25) is 0 Å². The molecule has 0 radical (unpaired) electrons. The van der Waals surface area contributed by atoms with Crippen LogP contribution in [0.3, 0.4) is 0 Å². The van der Waals surface area contributed by atoms with E-state index in [4.69, 9.17) is 5.11 Å². The van der Waals surface area contributed by atoms with E-state index >= 15 is 0 Å². The Morgan fingerprint density at radius 1 is 1.24 bits per heavy atom. The monoisotopic (exact) mass is 371 g/mol. The van der Waals surface area contributed by atoms with Crippen LogP contribution in [-0.4, -0.2) is 32.2 Å². The summed E-state index contributed by atoms with van der Waals surface area (Å²) in [7, 11) is -0.459. The summed E-state index contributed by atoms with van der Waals surface area (Å²) in [6.07, 6.45) is 1.49. The van der Waals surface area contributed by atoms with Crippen molar-refractivity contribution in [1.82, 2.24) is 0 Å². The third kappa shape index (κ3) is 6.23. The van der Waals surface area contributed by atoms with Crippen molar-refractivity contribution in [2.24, 2.45) is 5.92 Å². The molecule has 0 saturated heterocycles. The zero-order valence-electron chi connectivity index (χ0n) is 13.6. The van der Waals surface area contributed by atoms with Crippen LogP contribution in [0.15, 0.2) is 22.7 Å². The molecule has 0 aromatic heterocycles. The van der Waals surface area contributed by atoms with Crippen molar-refractivity contribution in [2.45, 2.75) is 51.2 Å². The fourth-order valence-electron chi connectivity index (χ4n) is 2.22. The summed E-state index contributed by atoms with van der Waals surface area (Å²) in [6, 6.07) is 7.65. The lowest BCUT2D eigenvalue weighted by Crippen LogP contribution is -2.25. The second kappa shape index (κ2) is 8.46. The molecule has 1 rings (SSSR count). The van der Waals surface area contributed by atoms with Gasteiger partial charge in [0.1, 0.15) is 0 Å². The Kier molecular flexibility index (Phi) is 7.61. The molecule has 2 nitrogen and oxygen atoms in total. The van der Waals surface area contributed by atoms with Crippen molar-refractivity contribution in [3.8, 4) is 0 Å². The van der Waals surface area contributed by atoms with Gasteiger partial charge in [-0.15, -0.1) is 0 Å². The van der Waals surface area contributed by atoms with Crippen LogP contribution in [0.4, 0.5) is 0 Å². The summed E-state index contributed by atoms with van der Waals surface area (Å²) in [5, 5.41) is 18.8. The molecule has 0 aliphatic carbocycles. The van der Waals surface area contributed by atoms with Gasteiger partial charge in [0.15, 0.2) is 0 Å². The maximum absolute atomic E-state index is 9.38. The van der Waals surface area contributed by atoms with E-state index in [1.54, 1.807) is 0 Å². The molecule has 118 valence electrons. The Morgan fingerprint density at radius 2 is 1.90 bits per heavy atom. The largest absolute Gasteiger partial charge is 0.396 e. The van der Waals surface area contributed by atoms with E-state index in [9.17, 15) is 5.11 Å². The molecule has 0 saturated carbocycles. The van der Waals surface area contributed by atoms with Crippen molar-refractivity contribution in [3.05, 3.63) is 33.8 Å². The lowest BCUT2D eigenvalue weighted by molar-refractivity contribution is 0.183. The molecule has 0 spiro atoms. The quantitative estimate of drug-likeness (QED) is 0.711. The summed E-state index contributed by atoms with van der Waals surface area (Å²) < 4.78 is 1.18. The van der Waals surface area contributed by atoms with E-state index in [-0.39, 0.29) is 19.1 Å². The minimum absolute atomic E-state index is 0.136. The lowest BCUT2D eigenvalue weighted by Gasteiger charge is -2.16. The average molecular weight is 372 g/mol. The molecule has 1 aromatic carbocycles. The highest BCUT2D eigenvalue weighted by atomic mass is 79.9. The summed E-state index contributed by atoms with van der Waals surface area (Å²) in [5.74, 6) is 0.151. The smallest absolute Gasteiger partial charge is 0.321 e. The average Bonchev–Trinajstić information content (AvgIpc) is 2.40. The van der Waals surface area contributed by atoms with Gasteiger partial charge in [0, 0.05) is 17.7 Å². The fraction of sp³-hybridized carbons (Fsp3) is 0.647. The minimum atomic E-state index is -0.459. The third-order valence-electron chi connectivity index (χ3n) is 4.17. The van der Waals surface area contributed by atoms with Crippen LogP contribution in [0, 0.1) is 5.92 Å². The van der Waals surface area contributed by atoms with Gasteiger partial charge in [0.05, 0.1) is 17.6 Å². The highest BCUT2D eigenvalue weighted by molar-refractivity contribution is 9.10. The van der Waals surface area contributed by atoms with E-state index in [1.807, 2.05) is 0 Å². The second-order valence-corrected chi connectivity index (χ2v) is 11.2. The number of benzene rings is 1. The van der Waals surface area contributed by atoms with Crippen LogP contribution in [0.5, 0.6) is 0 Å². The molecule has 0 heterocycles. The van der Waals surface area contributed by atoms with Gasteiger partial charge < -0.3 is 10.2 Å². The molecule has 1 aromatic rings. The van der Waals surface area contributed by atoms with Crippen LogP contribution in [0.2, 0.25) is 11.6 Å². The molecule has 21 heavy (non-hydrogen) atoms. The standard InChI is InChI=1S/C17H28BrO2Si/c1-17(2,3)21(4)12-15-10-13(5-6-16(15)18)9-14(11-20)7-8-19/h5-6,10,14,19-20H,7-9,11-12H2,1-4H3/q+1/t14-/m1/s1. The molecule has 0 amide bonds. The van der Waals surface area contributed by atoms with Crippen LogP contribution >= 0.6 is 15.9 Å². The second-order valence-electron chi connectivity index (χ2n) is 6.90. The van der Waals surface area contributed by atoms with Crippen LogP contribution in [0.25, 0.3) is 0 Å². The fourth-order valence-corrected chi connectivity index (χ4v) is 4.25. The molecule has 0 aliphatic rings. The van der Waals surface area contributed by atoms with Gasteiger partial charge >= 0.3 is 8.80 Å². The highest BCUT2D eigenvalue weighted by Gasteiger charge is 2.36. The Bertz CT molecular complexity index is 443. The molecule has 0 fully saturated rings. The van der Waals surface area contributed by atoms with Gasteiger partial charge in [-0.1, -0.05) is 28.1 Å². The summed E-state index contributed by atoms with van der Waals surface area (Å²) in [4.78, 5) is 0. The van der Waals surface area contributed by atoms with Gasteiger partial charge in [-0.2, -0.15) is 0 Å². The molecule has 0 bridgehead atoms. The lowest BCUT2D eigenvalue weighted by atomic mass is 9.96. The zero-order valence-corrected chi connectivity index (χ0v) is 16.2. The first-order valence-corrected chi connectivity index (χ1v) is 10.6. The zero-order chi connectivity index (χ0) is 16.0. The number of aliphatic hydroxyl groups excluding tert-OH is 2. The van der Waals surface area contributed by atoms with Crippen molar-refractivity contribution in [1.29, 1.82) is 0 Å². The Labute approximate surface area is 139 Å². The number of rotatable bonds is 7.